The Morgan fingerprint density at radius 1 is 1.47 bits per heavy atom. The molecule has 4 heteroatoms. The first-order chi connectivity index (χ1) is 6.99. The molecule has 0 aromatic carbocycles. The van der Waals surface area contributed by atoms with Gasteiger partial charge in [-0.15, -0.1) is 0 Å². The zero-order chi connectivity index (χ0) is 11.6. The van der Waals surface area contributed by atoms with E-state index in [1.807, 2.05) is 0 Å². The molecule has 0 radical (unpaired) electrons. The van der Waals surface area contributed by atoms with Crippen LogP contribution in [0, 0.1) is 5.92 Å². The number of nitrogens with one attached hydrogen (secondary N) is 1. The zero-order valence-corrected chi connectivity index (χ0v) is 9.91. The van der Waals surface area contributed by atoms with Gasteiger partial charge in [-0.3, -0.25) is 9.59 Å². The van der Waals surface area contributed by atoms with Crippen molar-refractivity contribution < 1.29 is 9.59 Å². The van der Waals surface area contributed by atoms with Gasteiger partial charge in [0.15, 0.2) is 0 Å². The first-order valence-electron chi connectivity index (χ1n) is 5.57. The van der Waals surface area contributed by atoms with Gasteiger partial charge in [-0.25, -0.2) is 0 Å². The summed E-state index contributed by atoms with van der Waals surface area (Å²) < 4.78 is 0. The van der Waals surface area contributed by atoms with Gasteiger partial charge >= 0.3 is 0 Å². The molecule has 0 saturated carbocycles. The standard InChI is InChI=1S/C11H20N2O2/c1-5-9(7(2)3)13-8(4)11(15)12-6-10(13)14/h7-9H,5-6H2,1-4H3,(H,12,15). The number of nitrogens with zero attached hydrogens (tertiary/aromatic N) is 1. The van der Waals surface area contributed by atoms with Crippen LogP contribution in [0.4, 0.5) is 0 Å². The molecule has 2 atom stereocenters. The molecule has 1 N–H and O–H groups in total. The van der Waals surface area contributed by atoms with E-state index >= 15 is 0 Å². The largest absolute Gasteiger partial charge is 0.345 e. The summed E-state index contributed by atoms with van der Waals surface area (Å²) in [6.07, 6.45) is 0.890. The van der Waals surface area contributed by atoms with E-state index in [1.165, 1.54) is 0 Å². The molecule has 86 valence electrons. The third kappa shape index (κ3) is 2.30. The third-order valence-corrected chi connectivity index (χ3v) is 3.04. The molecule has 2 amide bonds. The molecule has 1 saturated heterocycles. The van der Waals surface area contributed by atoms with Crippen molar-refractivity contribution in [3.63, 3.8) is 0 Å². The van der Waals surface area contributed by atoms with Crippen LogP contribution < -0.4 is 5.32 Å². The Morgan fingerprint density at radius 2 is 2.07 bits per heavy atom. The number of piperazine rings is 1. The van der Waals surface area contributed by atoms with Gasteiger partial charge in [0, 0.05) is 6.04 Å². The maximum Gasteiger partial charge on any atom is 0.242 e. The smallest absolute Gasteiger partial charge is 0.242 e. The molecule has 0 spiro atoms. The third-order valence-electron chi connectivity index (χ3n) is 3.04. The van der Waals surface area contributed by atoms with Crippen molar-refractivity contribution in [2.45, 2.75) is 46.2 Å². The van der Waals surface area contributed by atoms with Crippen molar-refractivity contribution in [2.75, 3.05) is 6.54 Å². The second-order valence-electron chi connectivity index (χ2n) is 4.41. The summed E-state index contributed by atoms with van der Waals surface area (Å²) in [6, 6.07) is -0.169. The van der Waals surface area contributed by atoms with E-state index in [0.717, 1.165) is 6.42 Å². The number of carbonyl (C=O) groups is 2. The molecular formula is C11H20N2O2. The van der Waals surface area contributed by atoms with E-state index in [9.17, 15) is 9.59 Å². The predicted octanol–water partition coefficient (Wildman–Crippen LogP) is 0.768. The minimum absolute atomic E-state index is 0.0302. The number of carbonyl (C=O) groups excluding carboxylic acids is 2. The minimum Gasteiger partial charge on any atom is -0.345 e. The summed E-state index contributed by atoms with van der Waals surface area (Å²) >= 11 is 0. The van der Waals surface area contributed by atoms with Gasteiger partial charge in [-0.05, 0) is 19.3 Å². The van der Waals surface area contributed by atoms with Crippen LogP contribution in [0.3, 0.4) is 0 Å². The Balaban J connectivity index is 2.87. The first-order valence-corrected chi connectivity index (χ1v) is 5.57. The highest BCUT2D eigenvalue weighted by Gasteiger charge is 2.36. The zero-order valence-electron chi connectivity index (χ0n) is 9.91. The summed E-state index contributed by atoms with van der Waals surface area (Å²) in [5, 5.41) is 2.60. The lowest BCUT2D eigenvalue weighted by Crippen LogP contribution is -2.61. The molecule has 1 aliphatic heterocycles. The maximum absolute atomic E-state index is 11.8. The van der Waals surface area contributed by atoms with E-state index in [2.05, 4.69) is 26.1 Å². The van der Waals surface area contributed by atoms with Crippen molar-refractivity contribution in [3.05, 3.63) is 0 Å². The van der Waals surface area contributed by atoms with Gasteiger partial charge in [-0.2, -0.15) is 0 Å². The SMILES string of the molecule is CCC(C(C)C)N1C(=O)CNC(=O)C1C. The summed E-state index contributed by atoms with van der Waals surface area (Å²) in [5.41, 5.74) is 0. The average Bonchev–Trinajstić information content (AvgIpc) is 2.18. The maximum atomic E-state index is 11.8. The lowest BCUT2D eigenvalue weighted by molar-refractivity contribution is -0.148. The van der Waals surface area contributed by atoms with E-state index in [-0.39, 0.29) is 30.4 Å². The Hall–Kier alpha value is -1.06. The predicted molar refractivity (Wildman–Crippen MR) is 58.2 cm³/mol. The number of hydrogen-bond donors (Lipinski definition) is 1. The van der Waals surface area contributed by atoms with Crippen LogP contribution in [0.25, 0.3) is 0 Å². The highest BCUT2D eigenvalue weighted by molar-refractivity contribution is 5.94. The molecule has 0 aromatic rings. The Labute approximate surface area is 91.0 Å². The molecule has 4 nitrogen and oxygen atoms in total. The van der Waals surface area contributed by atoms with Gasteiger partial charge < -0.3 is 10.2 Å². The van der Waals surface area contributed by atoms with E-state index in [4.69, 9.17) is 0 Å². The fraction of sp³-hybridized carbons (Fsp3) is 0.818. The quantitative estimate of drug-likeness (QED) is 0.751. The van der Waals surface area contributed by atoms with Gasteiger partial charge in [0.1, 0.15) is 6.04 Å². The van der Waals surface area contributed by atoms with Crippen LogP contribution in [-0.2, 0) is 9.59 Å². The fourth-order valence-electron chi connectivity index (χ4n) is 2.21. The van der Waals surface area contributed by atoms with E-state index < -0.39 is 0 Å². The summed E-state index contributed by atoms with van der Waals surface area (Å²) in [4.78, 5) is 25.0. The Kier molecular flexibility index (Phi) is 3.72. The van der Waals surface area contributed by atoms with Gasteiger partial charge in [0.25, 0.3) is 0 Å². The molecule has 1 aliphatic rings. The summed E-state index contributed by atoms with van der Waals surface area (Å²) in [7, 11) is 0. The number of amides is 2. The van der Waals surface area contributed by atoms with Crippen LogP contribution in [0.15, 0.2) is 0 Å². The van der Waals surface area contributed by atoms with E-state index in [1.54, 1.807) is 11.8 Å². The number of rotatable bonds is 3. The molecule has 15 heavy (non-hydrogen) atoms. The average molecular weight is 212 g/mol. The Morgan fingerprint density at radius 3 is 2.53 bits per heavy atom. The van der Waals surface area contributed by atoms with Crippen LogP contribution in [-0.4, -0.2) is 35.3 Å². The molecule has 1 rings (SSSR count). The summed E-state index contributed by atoms with van der Waals surface area (Å²) in [5.74, 6) is 0.364. The highest BCUT2D eigenvalue weighted by atomic mass is 16.2. The van der Waals surface area contributed by atoms with E-state index in [0.29, 0.717) is 5.92 Å². The van der Waals surface area contributed by atoms with Crippen LogP contribution in [0.5, 0.6) is 0 Å². The van der Waals surface area contributed by atoms with Crippen molar-refractivity contribution >= 4 is 11.8 Å². The van der Waals surface area contributed by atoms with Gasteiger partial charge in [-0.1, -0.05) is 20.8 Å². The molecule has 0 aromatic heterocycles. The van der Waals surface area contributed by atoms with Crippen molar-refractivity contribution in [1.82, 2.24) is 10.2 Å². The molecular weight excluding hydrogens is 192 g/mol. The first kappa shape index (κ1) is 12.0. The number of hydrogen-bond acceptors (Lipinski definition) is 2. The van der Waals surface area contributed by atoms with Crippen molar-refractivity contribution in [2.24, 2.45) is 5.92 Å². The van der Waals surface area contributed by atoms with Crippen LogP contribution >= 0.6 is 0 Å². The van der Waals surface area contributed by atoms with Crippen LogP contribution in [0.1, 0.15) is 34.1 Å². The molecule has 1 fully saturated rings. The van der Waals surface area contributed by atoms with Gasteiger partial charge in [0.2, 0.25) is 11.8 Å². The van der Waals surface area contributed by atoms with Crippen LogP contribution in [0.2, 0.25) is 0 Å². The molecule has 1 heterocycles. The topological polar surface area (TPSA) is 49.4 Å². The lowest BCUT2D eigenvalue weighted by atomic mass is 9.97. The monoisotopic (exact) mass is 212 g/mol. The lowest BCUT2D eigenvalue weighted by Gasteiger charge is -2.40. The molecule has 2 unspecified atom stereocenters. The normalized spacial score (nSPS) is 24.3. The second kappa shape index (κ2) is 4.64. The van der Waals surface area contributed by atoms with Crippen molar-refractivity contribution in [3.8, 4) is 0 Å². The highest BCUT2D eigenvalue weighted by Crippen LogP contribution is 2.19. The minimum atomic E-state index is -0.335. The Bertz CT molecular complexity index is 263. The van der Waals surface area contributed by atoms with Crippen molar-refractivity contribution in [1.29, 1.82) is 0 Å². The molecule has 0 bridgehead atoms. The van der Waals surface area contributed by atoms with Gasteiger partial charge in [0.05, 0.1) is 6.54 Å². The summed E-state index contributed by atoms with van der Waals surface area (Å²) in [6.45, 7) is 8.16. The second-order valence-corrected chi connectivity index (χ2v) is 4.41. The molecule has 0 aliphatic carbocycles. The fourth-order valence-corrected chi connectivity index (χ4v) is 2.21.